The van der Waals surface area contributed by atoms with Gasteiger partial charge in [0.2, 0.25) is 0 Å². The molecular weight excluding hydrogens is 364 g/mol. The topological polar surface area (TPSA) is 59.5 Å². The number of aromatic nitrogens is 2. The normalized spacial score (nSPS) is 17.0. The number of rotatable bonds is 7. The summed E-state index contributed by atoms with van der Waals surface area (Å²) in [6.45, 7) is 6.27. The lowest BCUT2D eigenvalue weighted by Gasteiger charge is -2.27. The van der Waals surface area contributed by atoms with E-state index in [-0.39, 0.29) is 6.10 Å². The Hall–Kier alpha value is -2.54. The highest BCUT2D eigenvalue weighted by atomic mass is 16.6. The molecule has 0 radical (unpaired) electrons. The fraction of sp³-hybridized carbons (Fsp3) is 0.391. The Balaban J connectivity index is 1.49. The van der Waals surface area contributed by atoms with Crippen molar-refractivity contribution < 1.29 is 9.47 Å². The Kier molecular flexibility index (Phi) is 6.34. The number of benzene rings is 2. The van der Waals surface area contributed by atoms with Crippen LogP contribution in [0.5, 0.6) is 0 Å². The Labute approximate surface area is 171 Å². The van der Waals surface area contributed by atoms with E-state index < -0.39 is 0 Å². The second-order valence-electron chi connectivity index (χ2n) is 7.61. The van der Waals surface area contributed by atoms with E-state index in [1.54, 1.807) is 0 Å². The van der Waals surface area contributed by atoms with Gasteiger partial charge in [-0.15, -0.1) is 0 Å². The molecule has 29 heavy (non-hydrogen) atoms. The zero-order valence-corrected chi connectivity index (χ0v) is 17.1. The molecule has 0 bridgehead atoms. The van der Waals surface area contributed by atoms with Crippen molar-refractivity contribution in [3.8, 4) is 0 Å². The van der Waals surface area contributed by atoms with Crippen molar-refractivity contribution in [1.82, 2.24) is 14.9 Å². The maximum atomic E-state index is 5.76. The van der Waals surface area contributed by atoms with Crippen molar-refractivity contribution in [2.45, 2.75) is 26.1 Å². The first-order valence-corrected chi connectivity index (χ1v) is 10.1. The third kappa shape index (κ3) is 5.29. The number of ether oxygens (including phenoxy) is 2. The van der Waals surface area contributed by atoms with Crippen LogP contribution in [0.3, 0.4) is 0 Å². The van der Waals surface area contributed by atoms with E-state index in [2.05, 4.69) is 54.5 Å². The molecule has 1 fully saturated rings. The van der Waals surface area contributed by atoms with Gasteiger partial charge in [-0.25, -0.2) is 9.97 Å². The van der Waals surface area contributed by atoms with Gasteiger partial charge in [-0.2, -0.15) is 0 Å². The van der Waals surface area contributed by atoms with Crippen LogP contribution in [0, 0.1) is 6.92 Å². The molecule has 0 aliphatic carbocycles. The van der Waals surface area contributed by atoms with Gasteiger partial charge in [0.15, 0.2) is 0 Å². The third-order valence-corrected chi connectivity index (χ3v) is 5.04. The highest BCUT2D eigenvalue weighted by Gasteiger charge is 2.17. The van der Waals surface area contributed by atoms with Crippen LogP contribution in [0.25, 0.3) is 10.9 Å². The maximum absolute atomic E-state index is 5.76. The molecule has 2 heterocycles. The zero-order valence-electron chi connectivity index (χ0n) is 17.1. The summed E-state index contributed by atoms with van der Waals surface area (Å²) in [4.78, 5) is 11.8. The van der Waals surface area contributed by atoms with Crippen LogP contribution in [0.4, 0.5) is 5.82 Å². The zero-order chi connectivity index (χ0) is 20.1. The molecule has 1 saturated heterocycles. The summed E-state index contributed by atoms with van der Waals surface area (Å²) in [5, 5.41) is 4.54. The number of para-hydroxylation sites is 1. The van der Waals surface area contributed by atoms with E-state index in [1.807, 2.05) is 18.2 Å². The highest BCUT2D eigenvalue weighted by Crippen LogP contribution is 2.21. The van der Waals surface area contributed by atoms with Gasteiger partial charge in [-0.3, -0.25) is 4.90 Å². The van der Waals surface area contributed by atoms with Crippen molar-refractivity contribution in [2.75, 3.05) is 38.7 Å². The first kappa shape index (κ1) is 19.8. The van der Waals surface area contributed by atoms with E-state index in [0.717, 1.165) is 35.6 Å². The monoisotopic (exact) mass is 392 g/mol. The number of aryl methyl sites for hydroxylation is 1. The van der Waals surface area contributed by atoms with Crippen molar-refractivity contribution in [3.05, 3.63) is 65.5 Å². The minimum absolute atomic E-state index is 0.105. The van der Waals surface area contributed by atoms with E-state index in [0.29, 0.717) is 26.4 Å². The van der Waals surface area contributed by atoms with Gasteiger partial charge in [0.1, 0.15) is 11.6 Å². The number of nitrogens with zero attached hydrogens (tertiary/aromatic N) is 3. The van der Waals surface area contributed by atoms with Gasteiger partial charge >= 0.3 is 0 Å². The number of hydrogen-bond acceptors (Lipinski definition) is 6. The van der Waals surface area contributed by atoms with Crippen LogP contribution < -0.4 is 5.32 Å². The SMILES string of the molecule is Cc1ccc(CNc2nc(CN(C)CC3COCCO3)nc3ccccc23)cc1. The standard InChI is InChI=1S/C23H28N4O2/c1-17-7-9-18(10-8-17)13-24-23-20-5-3-4-6-21(20)25-22(26-23)15-27(2)14-19-16-28-11-12-29-19/h3-10,19H,11-16H2,1-2H3,(H,24,25,26). The van der Waals surface area contributed by atoms with E-state index in [4.69, 9.17) is 19.4 Å². The molecule has 6 heteroatoms. The van der Waals surface area contributed by atoms with Gasteiger partial charge in [0.05, 0.1) is 38.0 Å². The number of anilines is 1. The first-order chi connectivity index (χ1) is 14.2. The molecule has 0 saturated carbocycles. The first-order valence-electron chi connectivity index (χ1n) is 10.1. The lowest BCUT2D eigenvalue weighted by molar-refractivity contribution is -0.0964. The van der Waals surface area contributed by atoms with Gasteiger partial charge < -0.3 is 14.8 Å². The quantitative estimate of drug-likeness (QED) is 0.665. The predicted molar refractivity (Wildman–Crippen MR) is 115 cm³/mol. The Morgan fingerprint density at radius 1 is 1.07 bits per heavy atom. The number of likely N-dealkylation sites (N-methyl/N-ethyl adjacent to an activating group) is 1. The molecule has 1 aliphatic rings. The molecule has 1 N–H and O–H groups in total. The average molecular weight is 393 g/mol. The average Bonchev–Trinajstić information content (AvgIpc) is 2.74. The molecule has 1 aromatic heterocycles. The minimum Gasteiger partial charge on any atom is -0.376 e. The largest absolute Gasteiger partial charge is 0.376 e. The summed E-state index contributed by atoms with van der Waals surface area (Å²) in [6.07, 6.45) is 0.105. The summed E-state index contributed by atoms with van der Waals surface area (Å²) in [5.41, 5.74) is 3.44. The second kappa shape index (κ2) is 9.31. The Morgan fingerprint density at radius 3 is 2.69 bits per heavy atom. The Morgan fingerprint density at radius 2 is 1.90 bits per heavy atom. The molecule has 3 aromatic rings. The van der Waals surface area contributed by atoms with E-state index in [9.17, 15) is 0 Å². The molecule has 1 atom stereocenters. The molecule has 2 aromatic carbocycles. The van der Waals surface area contributed by atoms with Crippen molar-refractivity contribution in [2.24, 2.45) is 0 Å². The number of hydrogen-bond donors (Lipinski definition) is 1. The minimum atomic E-state index is 0.105. The molecule has 152 valence electrons. The molecule has 1 aliphatic heterocycles. The lowest BCUT2D eigenvalue weighted by Crippen LogP contribution is -2.38. The fourth-order valence-corrected chi connectivity index (χ4v) is 3.52. The molecule has 0 amide bonds. The Bertz CT molecular complexity index is 939. The summed E-state index contributed by atoms with van der Waals surface area (Å²) < 4.78 is 11.3. The van der Waals surface area contributed by atoms with Crippen molar-refractivity contribution in [3.63, 3.8) is 0 Å². The van der Waals surface area contributed by atoms with Gasteiger partial charge in [-0.1, -0.05) is 42.0 Å². The predicted octanol–water partition coefficient (Wildman–Crippen LogP) is 3.40. The molecular formula is C23H28N4O2. The summed E-state index contributed by atoms with van der Waals surface area (Å²) >= 11 is 0. The third-order valence-electron chi connectivity index (χ3n) is 5.04. The van der Waals surface area contributed by atoms with E-state index in [1.165, 1.54) is 11.1 Å². The second-order valence-corrected chi connectivity index (χ2v) is 7.61. The molecule has 6 nitrogen and oxygen atoms in total. The van der Waals surface area contributed by atoms with Crippen molar-refractivity contribution >= 4 is 16.7 Å². The highest BCUT2D eigenvalue weighted by molar-refractivity contribution is 5.88. The fourth-order valence-electron chi connectivity index (χ4n) is 3.52. The van der Waals surface area contributed by atoms with Crippen LogP contribution in [-0.2, 0) is 22.6 Å². The molecule has 0 spiro atoms. The smallest absolute Gasteiger partial charge is 0.145 e. The summed E-state index contributed by atoms with van der Waals surface area (Å²) in [5.74, 6) is 1.67. The van der Waals surface area contributed by atoms with E-state index >= 15 is 0 Å². The summed E-state index contributed by atoms with van der Waals surface area (Å²) in [6, 6.07) is 16.7. The van der Waals surface area contributed by atoms with Gasteiger partial charge in [0.25, 0.3) is 0 Å². The molecule has 1 unspecified atom stereocenters. The van der Waals surface area contributed by atoms with Crippen LogP contribution >= 0.6 is 0 Å². The number of nitrogens with one attached hydrogen (secondary N) is 1. The molecule has 4 rings (SSSR count). The maximum Gasteiger partial charge on any atom is 0.145 e. The summed E-state index contributed by atoms with van der Waals surface area (Å²) in [7, 11) is 2.07. The van der Waals surface area contributed by atoms with Crippen LogP contribution in [0.2, 0.25) is 0 Å². The lowest BCUT2D eigenvalue weighted by atomic mass is 10.1. The van der Waals surface area contributed by atoms with Crippen molar-refractivity contribution in [1.29, 1.82) is 0 Å². The van der Waals surface area contributed by atoms with Crippen LogP contribution in [-0.4, -0.2) is 54.4 Å². The van der Waals surface area contributed by atoms with Gasteiger partial charge in [-0.05, 0) is 31.7 Å². The number of fused-ring (bicyclic) bond motifs is 1. The van der Waals surface area contributed by atoms with Crippen LogP contribution in [0.15, 0.2) is 48.5 Å². The van der Waals surface area contributed by atoms with Gasteiger partial charge in [0, 0.05) is 18.5 Å². The van der Waals surface area contributed by atoms with Crippen LogP contribution in [0.1, 0.15) is 17.0 Å².